The van der Waals surface area contributed by atoms with E-state index >= 15 is 0 Å². The molecule has 4 rings (SSSR count). The molecule has 0 saturated carbocycles. The number of nitrogens with one attached hydrogen (secondary N) is 1. The van der Waals surface area contributed by atoms with Gasteiger partial charge in [0.1, 0.15) is 18.1 Å². The van der Waals surface area contributed by atoms with E-state index in [-0.39, 0.29) is 23.8 Å². The molecular formula is C25H32N4O3. The molecule has 1 saturated heterocycles. The van der Waals surface area contributed by atoms with Crippen molar-refractivity contribution in [1.29, 1.82) is 0 Å². The van der Waals surface area contributed by atoms with E-state index in [0.717, 1.165) is 55.8 Å². The molecule has 1 fully saturated rings. The molecule has 1 spiro atoms. The predicted molar refractivity (Wildman–Crippen MR) is 122 cm³/mol. The first-order valence-electron chi connectivity index (χ1n) is 11.5. The number of hydrogen-bond acceptors (Lipinski definition) is 4. The van der Waals surface area contributed by atoms with Gasteiger partial charge in [-0.3, -0.25) is 9.59 Å². The van der Waals surface area contributed by atoms with Crippen molar-refractivity contribution < 1.29 is 14.3 Å². The molecule has 2 aromatic rings. The molecule has 2 aliphatic rings. The Labute approximate surface area is 189 Å². The zero-order valence-corrected chi connectivity index (χ0v) is 18.8. The number of nitrogens with zero attached hydrogens (tertiary/aromatic N) is 3. The first-order valence-corrected chi connectivity index (χ1v) is 11.5. The van der Waals surface area contributed by atoms with Gasteiger partial charge in [0.2, 0.25) is 5.91 Å². The van der Waals surface area contributed by atoms with Crippen LogP contribution in [-0.4, -0.2) is 52.5 Å². The van der Waals surface area contributed by atoms with Crippen LogP contribution in [0, 0.1) is 5.41 Å². The number of fused-ring (bicyclic) bond motifs is 1. The second kappa shape index (κ2) is 10.0. The van der Waals surface area contributed by atoms with Crippen molar-refractivity contribution >= 4 is 11.8 Å². The average Bonchev–Trinajstić information content (AvgIpc) is 3.26. The number of para-hydroxylation sites is 1. The second-order valence-electron chi connectivity index (χ2n) is 8.80. The fourth-order valence-electron chi connectivity index (χ4n) is 4.69. The number of allylic oxidation sites excluding steroid dienone is 2. The Balaban J connectivity index is 1.48. The van der Waals surface area contributed by atoms with Crippen LogP contribution in [0.3, 0.4) is 0 Å². The molecule has 0 unspecified atom stereocenters. The Hall–Kier alpha value is -3.09. The Morgan fingerprint density at radius 3 is 3.03 bits per heavy atom. The van der Waals surface area contributed by atoms with Crippen LogP contribution in [0.2, 0.25) is 0 Å². The van der Waals surface area contributed by atoms with Crippen LogP contribution in [0.25, 0.3) is 0 Å². The number of benzene rings is 1. The van der Waals surface area contributed by atoms with E-state index in [1.54, 1.807) is 6.20 Å². The van der Waals surface area contributed by atoms with Gasteiger partial charge in [-0.1, -0.05) is 37.3 Å². The molecule has 170 valence electrons. The van der Waals surface area contributed by atoms with Crippen LogP contribution >= 0.6 is 0 Å². The average molecular weight is 437 g/mol. The van der Waals surface area contributed by atoms with Gasteiger partial charge in [-0.2, -0.15) is 0 Å². The van der Waals surface area contributed by atoms with E-state index < -0.39 is 0 Å². The minimum atomic E-state index is -0.165. The first-order chi connectivity index (χ1) is 15.6. The van der Waals surface area contributed by atoms with E-state index in [1.165, 1.54) is 0 Å². The summed E-state index contributed by atoms with van der Waals surface area (Å²) in [6.45, 7) is 4.29. The number of amides is 2. The van der Waals surface area contributed by atoms with Gasteiger partial charge >= 0.3 is 0 Å². The minimum Gasteiger partial charge on any atom is -0.483 e. The number of aromatic nitrogens is 2. The summed E-state index contributed by atoms with van der Waals surface area (Å²) < 4.78 is 7.70. The maximum absolute atomic E-state index is 13.1. The second-order valence-corrected chi connectivity index (χ2v) is 8.80. The summed E-state index contributed by atoms with van der Waals surface area (Å²) in [5, 5.41) is 3.06. The van der Waals surface area contributed by atoms with Crippen LogP contribution in [-0.2, 0) is 29.0 Å². The maximum atomic E-state index is 13.1. The predicted octanol–water partition coefficient (Wildman–Crippen LogP) is 2.75. The van der Waals surface area contributed by atoms with Gasteiger partial charge in [-0.25, -0.2) is 4.98 Å². The standard InChI is InChI=1S/C25H32N4O3/c1-2-22-26-13-15-28(22)16-24(31)29-14-7-12-25(19-29)11-6-5-9-20-8-3-4-10-21(20)32-17-23(30)27-18-25/h3-6,8,10,13,15H,2,7,9,11-12,14,16-19H2,1H3,(H,27,30)/b6-5+/t25-/m0/s1. The number of ether oxygens (including phenoxy) is 1. The van der Waals surface area contributed by atoms with Gasteiger partial charge in [-0.05, 0) is 37.3 Å². The monoisotopic (exact) mass is 436 g/mol. The van der Waals surface area contributed by atoms with Gasteiger partial charge in [-0.15, -0.1) is 0 Å². The van der Waals surface area contributed by atoms with Crippen LogP contribution < -0.4 is 10.1 Å². The molecule has 32 heavy (non-hydrogen) atoms. The van der Waals surface area contributed by atoms with Crippen LogP contribution in [0.15, 0.2) is 48.8 Å². The number of carbonyl (C=O) groups excluding carboxylic acids is 2. The molecule has 1 aromatic carbocycles. The number of likely N-dealkylation sites (tertiary alicyclic amines) is 1. The molecule has 0 aliphatic carbocycles. The first kappa shape index (κ1) is 22.1. The third kappa shape index (κ3) is 5.21. The summed E-state index contributed by atoms with van der Waals surface area (Å²) in [6, 6.07) is 7.83. The summed E-state index contributed by atoms with van der Waals surface area (Å²) >= 11 is 0. The van der Waals surface area contributed by atoms with Gasteiger partial charge < -0.3 is 19.5 Å². The molecule has 0 bridgehead atoms. The fraction of sp³-hybridized carbons (Fsp3) is 0.480. The van der Waals surface area contributed by atoms with E-state index in [0.29, 0.717) is 19.6 Å². The third-order valence-corrected chi connectivity index (χ3v) is 6.48. The maximum Gasteiger partial charge on any atom is 0.257 e. The third-order valence-electron chi connectivity index (χ3n) is 6.48. The highest BCUT2D eigenvalue weighted by Crippen LogP contribution is 2.34. The lowest BCUT2D eigenvalue weighted by atomic mass is 9.76. The van der Waals surface area contributed by atoms with E-state index in [9.17, 15) is 9.59 Å². The molecule has 7 heteroatoms. The molecule has 1 atom stereocenters. The Morgan fingerprint density at radius 1 is 1.28 bits per heavy atom. The fourth-order valence-corrected chi connectivity index (χ4v) is 4.69. The molecule has 3 heterocycles. The molecule has 2 amide bonds. The lowest BCUT2D eigenvalue weighted by molar-refractivity contribution is -0.135. The Bertz CT molecular complexity index is 983. The number of piperidine rings is 1. The van der Waals surface area contributed by atoms with Gasteiger partial charge in [0, 0.05) is 43.9 Å². The van der Waals surface area contributed by atoms with Gasteiger partial charge in [0.25, 0.3) is 5.91 Å². The highest BCUT2D eigenvalue weighted by Gasteiger charge is 2.36. The zero-order chi connectivity index (χ0) is 22.4. The van der Waals surface area contributed by atoms with Crippen molar-refractivity contribution in [2.45, 2.75) is 45.6 Å². The molecule has 1 N–H and O–H groups in total. The minimum absolute atomic E-state index is 0.000123. The summed E-state index contributed by atoms with van der Waals surface area (Å²) in [7, 11) is 0. The van der Waals surface area contributed by atoms with Crippen molar-refractivity contribution in [1.82, 2.24) is 19.8 Å². The van der Waals surface area contributed by atoms with Crippen LogP contribution in [0.4, 0.5) is 0 Å². The topological polar surface area (TPSA) is 76.5 Å². The van der Waals surface area contributed by atoms with E-state index in [2.05, 4.69) is 22.5 Å². The lowest BCUT2D eigenvalue weighted by Crippen LogP contribution is -2.52. The smallest absolute Gasteiger partial charge is 0.257 e. The number of aryl methyl sites for hydroxylation is 1. The Kier molecular flexibility index (Phi) is 6.93. The largest absolute Gasteiger partial charge is 0.483 e. The number of hydrogen-bond donors (Lipinski definition) is 1. The van der Waals surface area contributed by atoms with Crippen molar-refractivity contribution in [3.05, 3.63) is 60.2 Å². The molecular weight excluding hydrogens is 404 g/mol. The number of rotatable bonds is 3. The highest BCUT2D eigenvalue weighted by atomic mass is 16.5. The SMILES string of the molecule is CCc1nccn1CC(=O)N1CCC[C@]2(C/C=C/Cc3ccccc3OCC(=O)NC2)C1. The van der Waals surface area contributed by atoms with E-state index in [4.69, 9.17) is 4.74 Å². The summed E-state index contributed by atoms with van der Waals surface area (Å²) in [6.07, 6.45) is 12.3. The van der Waals surface area contributed by atoms with E-state index in [1.807, 2.05) is 46.9 Å². The summed E-state index contributed by atoms with van der Waals surface area (Å²) in [4.78, 5) is 31.9. The van der Waals surface area contributed by atoms with Crippen LogP contribution in [0.5, 0.6) is 5.75 Å². The van der Waals surface area contributed by atoms with Crippen molar-refractivity contribution in [3.63, 3.8) is 0 Å². The molecule has 0 radical (unpaired) electrons. The van der Waals surface area contributed by atoms with Gasteiger partial charge in [0.05, 0.1) is 0 Å². The molecule has 2 aliphatic heterocycles. The molecule has 1 aromatic heterocycles. The van der Waals surface area contributed by atoms with Crippen molar-refractivity contribution in [3.8, 4) is 5.75 Å². The van der Waals surface area contributed by atoms with Crippen molar-refractivity contribution in [2.75, 3.05) is 26.2 Å². The lowest BCUT2D eigenvalue weighted by Gasteiger charge is -2.43. The number of imidazole rings is 1. The Morgan fingerprint density at radius 2 is 2.16 bits per heavy atom. The summed E-state index contributed by atoms with van der Waals surface area (Å²) in [5.74, 6) is 1.66. The quantitative estimate of drug-likeness (QED) is 0.751. The number of carbonyl (C=O) groups is 2. The highest BCUT2D eigenvalue weighted by molar-refractivity contribution is 5.78. The van der Waals surface area contributed by atoms with Gasteiger partial charge in [0.15, 0.2) is 6.61 Å². The summed E-state index contributed by atoms with van der Waals surface area (Å²) in [5.41, 5.74) is 0.903. The zero-order valence-electron chi connectivity index (χ0n) is 18.8. The normalized spacial score (nSPS) is 22.8. The van der Waals surface area contributed by atoms with Crippen LogP contribution in [0.1, 0.15) is 37.6 Å². The molecule has 7 nitrogen and oxygen atoms in total. The van der Waals surface area contributed by atoms with Crippen molar-refractivity contribution in [2.24, 2.45) is 5.41 Å².